The van der Waals surface area contributed by atoms with E-state index in [0.717, 1.165) is 24.2 Å². The zero-order valence-electron chi connectivity index (χ0n) is 16.5. The number of carbonyl (C=O) groups is 2. The Balaban J connectivity index is 1.25. The molecule has 1 aliphatic carbocycles. The quantitative estimate of drug-likeness (QED) is 0.619. The third-order valence-electron chi connectivity index (χ3n) is 4.95. The number of anilines is 1. The van der Waals surface area contributed by atoms with Gasteiger partial charge in [0.15, 0.2) is 11.5 Å². The lowest BCUT2D eigenvalue weighted by Crippen LogP contribution is -2.33. The van der Waals surface area contributed by atoms with Gasteiger partial charge in [-0.15, -0.1) is 0 Å². The summed E-state index contributed by atoms with van der Waals surface area (Å²) in [5.74, 6) is 0.481. The summed E-state index contributed by atoms with van der Waals surface area (Å²) in [6.07, 6.45) is 4.91. The highest BCUT2D eigenvalue weighted by Gasteiger charge is 2.17. The van der Waals surface area contributed by atoms with Crippen molar-refractivity contribution < 1.29 is 18.8 Å². The van der Waals surface area contributed by atoms with Gasteiger partial charge in [0.05, 0.1) is 12.6 Å². The summed E-state index contributed by atoms with van der Waals surface area (Å²) in [5.41, 5.74) is 1.58. The average Bonchev–Trinajstić information content (AvgIpc) is 3.46. The highest BCUT2D eigenvalue weighted by Crippen LogP contribution is 2.25. The molecule has 1 aliphatic rings. The van der Waals surface area contributed by atoms with Gasteiger partial charge in [0.2, 0.25) is 5.91 Å². The van der Waals surface area contributed by atoms with E-state index in [1.807, 2.05) is 42.5 Å². The van der Waals surface area contributed by atoms with Crippen LogP contribution in [-0.2, 0) is 4.79 Å². The van der Waals surface area contributed by atoms with Gasteiger partial charge in [-0.3, -0.25) is 9.59 Å². The topological polar surface area (TPSA) is 93.5 Å². The highest BCUT2D eigenvalue weighted by molar-refractivity contribution is 5.98. The third kappa shape index (κ3) is 5.05. The molecule has 2 N–H and O–H groups in total. The summed E-state index contributed by atoms with van der Waals surface area (Å²) < 4.78 is 11.1. The fourth-order valence-electron chi connectivity index (χ4n) is 3.39. The molecule has 7 nitrogen and oxygen atoms in total. The summed E-state index contributed by atoms with van der Waals surface area (Å²) in [6.45, 7) is -0.174. The first kappa shape index (κ1) is 19.7. The van der Waals surface area contributed by atoms with Crippen LogP contribution in [0.4, 0.5) is 5.69 Å². The Morgan fingerprint density at radius 2 is 1.77 bits per heavy atom. The number of rotatable bonds is 7. The van der Waals surface area contributed by atoms with Crippen molar-refractivity contribution in [2.45, 2.75) is 31.8 Å². The molecule has 1 saturated carbocycles. The standard InChI is InChI=1S/C23H23N3O4/c27-22(25-17-10-12-19(13-11-17)29-18-8-4-5-9-18)15-24-23(28)20-14-21(30-26-20)16-6-2-1-3-7-16/h1-3,6-7,10-14,18H,4-5,8-9,15H2,(H,24,28)(H,25,27). The smallest absolute Gasteiger partial charge is 0.273 e. The summed E-state index contributed by atoms with van der Waals surface area (Å²) in [7, 11) is 0. The van der Waals surface area contributed by atoms with Gasteiger partial charge in [0.1, 0.15) is 5.75 Å². The van der Waals surface area contributed by atoms with Crippen molar-refractivity contribution in [3.63, 3.8) is 0 Å². The van der Waals surface area contributed by atoms with Crippen molar-refractivity contribution in [2.75, 3.05) is 11.9 Å². The summed E-state index contributed by atoms with van der Waals surface area (Å²) in [6, 6.07) is 18.2. The fraction of sp³-hybridized carbons (Fsp3) is 0.261. The number of nitrogens with one attached hydrogen (secondary N) is 2. The number of hydrogen-bond donors (Lipinski definition) is 2. The van der Waals surface area contributed by atoms with Crippen LogP contribution in [0.2, 0.25) is 0 Å². The van der Waals surface area contributed by atoms with Gasteiger partial charge in [-0.1, -0.05) is 35.5 Å². The molecule has 3 aromatic rings. The van der Waals surface area contributed by atoms with Gasteiger partial charge >= 0.3 is 0 Å². The minimum Gasteiger partial charge on any atom is -0.490 e. The number of carbonyl (C=O) groups excluding carboxylic acids is 2. The van der Waals surface area contributed by atoms with E-state index in [2.05, 4.69) is 15.8 Å². The Morgan fingerprint density at radius 1 is 1.03 bits per heavy atom. The summed E-state index contributed by atoms with van der Waals surface area (Å²) in [4.78, 5) is 24.4. The number of ether oxygens (including phenoxy) is 1. The molecule has 1 fully saturated rings. The van der Waals surface area contributed by atoms with Gasteiger partial charge in [-0.25, -0.2) is 0 Å². The second-order valence-electron chi connectivity index (χ2n) is 7.22. The molecule has 0 spiro atoms. The molecular formula is C23H23N3O4. The largest absolute Gasteiger partial charge is 0.490 e. The zero-order chi connectivity index (χ0) is 20.8. The molecule has 0 bridgehead atoms. The lowest BCUT2D eigenvalue weighted by atomic mass is 10.1. The molecular weight excluding hydrogens is 382 g/mol. The van der Waals surface area contributed by atoms with Crippen LogP contribution < -0.4 is 15.4 Å². The van der Waals surface area contributed by atoms with Crippen molar-refractivity contribution in [2.24, 2.45) is 0 Å². The fourth-order valence-corrected chi connectivity index (χ4v) is 3.39. The van der Waals surface area contributed by atoms with Crippen LogP contribution in [0, 0.1) is 0 Å². The Labute approximate surface area is 174 Å². The molecule has 1 heterocycles. The number of aromatic nitrogens is 1. The lowest BCUT2D eigenvalue weighted by molar-refractivity contribution is -0.115. The number of hydrogen-bond acceptors (Lipinski definition) is 5. The second kappa shape index (κ2) is 9.26. The summed E-state index contributed by atoms with van der Waals surface area (Å²) >= 11 is 0. The maximum absolute atomic E-state index is 12.2. The molecule has 0 unspecified atom stereocenters. The van der Waals surface area contributed by atoms with Gasteiger partial charge in [0.25, 0.3) is 5.91 Å². The third-order valence-corrected chi connectivity index (χ3v) is 4.95. The van der Waals surface area contributed by atoms with E-state index < -0.39 is 5.91 Å². The van der Waals surface area contributed by atoms with Crippen LogP contribution >= 0.6 is 0 Å². The van der Waals surface area contributed by atoms with Crippen molar-refractivity contribution in [1.82, 2.24) is 10.5 Å². The predicted molar refractivity (Wildman–Crippen MR) is 112 cm³/mol. The van der Waals surface area contributed by atoms with Crippen LogP contribution in [-0.4, -0.2) is 29.6 Å². The van der Waals surface area contributed by atoms with E-state index in [1.54, 1.807) is 18.2 Å². The molecule has 0 radical (unpaired) electrons. The van der Waals surface area contributed by atoms with Crippen LogP contribution in [0.1, 0.15) is 36.2 Å². The monoisotopic (exact) mass is 405 g/mol. The minimum atomic E-state index is -0.476. The molecule has 0 saturated heterocycles. The van der Waals surface area contributed by atoms with Crippen molar-refractivity contribution in [3.8, 4) is 17.1 Å². The van der Waals surface area contributed by atoms with Crippen LogP contribution in [0.3, 0.4) is 0 Å². The Morgan fingerprint density at radius 3 is 2.50 bits per heavy atom. The van der Waals surface area contributed by atoms with E-state index >= 15 is 0 Å². The highest BCUT2D eigenvalue weighted by atomic mass is 16.5. The van der Waals surface area contributed by atoms with E-state index in [-0.39, 0.29) is 18.1 Å². The normalized spacial score (nSPS) is 13.7. The Bertz CT molecular complexity index is 993. The predicted octanol–water partition coefficient (Wildman–Crippen LogP) is 4.03. The molecule has 0 aliphatic heterocycles. The van der Waals surface area contributed by atoms with Gasteiger partial charge < -0.3 is 19.9 Å². The first-order valence-electron chi connectivity index (χ1n) is 10.0. The van der Waals surface area contributed by atoms with Gasteiger partial charge in [-0.05, 0) is 49.9 Å². The molecule has 1 aromatic heterocycles. The van der Waals surface area contributed by atoms with Crippen LogP contribution in [0.5, 0.6) is 5.75 Å². The van der Waals surface area contributed by atoms with Crippen molar-refractivity contribution in [3.05, 3.63) is 66.4 Å². The first-order valence-corrected chi connectivity index (χ1v) is 10.0. The molecule has 154 valence electrons. The van der Waals surface area contributed by atoms with E-state index in [4.69, 9.17) is 9.26 Å². The van der Waals surface area contributed by atoms with Gasteiger partial charge in [0, 0.05) is 17.3 Å². The number of amides is 2. The summed E-state index contributed by atoms with van der Waals surface area (Å²) in [5, 5.41) is 9.07. The molecule has 2 aromatic carbocycles. The Hall–Kier alpha value is -3.61. The average molecular weight is 405 g/mol. The van der Waals surface area contributed by atoms with Crippen molar-refractivity contribution in [1.29, 1.82) is 0 Å². The van der Waals surface area contributed by atoms with Crippen LogP contribution in [0.15, 0.2) is 65.2 Å². The number of nitrogens with zero attached hydrogens (tertiary/aromatic N) is 1. The molecule has 4 rings (SSSR count). The van der Waals surface area contributed by atoms with Crippen molar-refractivity contribution >= 4 is 17.5 Å². The molecule has 2 amide bonds. The molecule has 0 atom stereocenters. The SMILES string of the molecule is O=C(CNC(=O)c1cc(-c2ccccc2)on1)Nc1ccc(OC2CCCC2)cc1. The minimum absolute atomic E-state index is 0.120. The second-order valence-corrected chi connectivity index (χ2v) is 7.22. The zero-order valence-corrected chi connectivity index (χ0v) is 16.5. The molecule has 7 heteroatoms. The number of benzene rings is 2. The first-order chi connectivity index (χ1) is 14.7. The van der Waals surface area contributed by atoms with E-state index in [9.17, 15) is 9.59 Å². The van der Waals surface area contributed by atoms with E-state index in [0.29, 0.717) is 17.6 Å². The maximum Gasteiger partial charge on any atom is 0.273 e. The van der Waals surface area contributed by atoms with E-state index in [1.165, 1.54) is 12.8 Å². The Kier molecular flexibility index (Phi) is 6.08. The van der Waals surface area contributed by atoms with Crippen LogP contribution in [0.25, 0.3) is 11.3 Å². The maximum atomic E-state index is 12.2. The lowest BCUT2D eigenvalue weighted by Gasteiger charge is -2.13. The van der Waals surface area contributed by atoms with Gasteiger partial charge in [-0.2, -0.15) is 0 Å². The molecule has 30 heavy (non-hydrogen) atoms.